The average molecular weight is 197 g/mol. The van der Waals surface area contributed by atoms with Gasteiger partial charge in [0.2, 0.25) is 5.13 Å². The van der Waals surface area contributed by atoms with Crippen molar-refractivity contribution in [2.75, 3.05) is 18.0 Å². The van der Waals surface area contributed by atoms with Crippen LogP contribution in [0.15, 0.2) is 0 Å². The van der Waals surface area contributed by atoms with Gasteiger partial charge in [0, 0.05) is 24.6 Å². The van der Waals surface area contributed by atoms with Gasteiger partial charge in [-0.2, -0.15) is 4.37 Å². The summed E-state index contributed by atoms with van der Waals surface area (Å²) in [5.41, 5.74) is 0. The van der Waals surface area contributed by atoms with Crippen LogP contribution in [0.4, 0.5) is 5.13 Å². The smallest absolute Gasteiger partial charge is 0.205 e. The molecule has 0 amide bonds. The second kappa shape index (κ2) is 3.62. The summed E-state index contributed by atoms with van der Waals surface area (Å²) in [5, 5.41) is 1.11. The quantitative estimate of drug-likeness (QED) is 0.727. The first-order valence-corrected chi connectivity index (χ1v) is 5.62. The molecule has 1 unspecified atom stereocenters. The number of rotatable bonds is 2. The van der Waals surface area contributed by atoms with Crippen LogP contribution in [0.25, 0.3) is 0 Å². The molecule has 0 N–H and O–H groups in total. The van der Waals surface area contributed by atoms with Gasteiger partial charge in [-0.3, -0.25) is 0 Å². The van der Waals surface area contributed by atoms with Crippen molar-refractivity contribution in [3.05, 3.63) is 5.82 Å². The fourth-order valence-corrected chi connectivity index (χ4v) is 2.46. The van der Waals surface area contributed by atoms with E-state index in [-0.39, 0.29) is 0 Å². The summed E-state index contributed by atoms with van der Waals surface area (Å²) in [6.45, 7) is 6.55. The van der Waals surface area contributed by atoms with E-state index in [0.29, 0.717) is 0 Å². The molecule has 72 valence electrons. The molecule has 0 aromatic carbocycles. The van der Waals surface area contributed by atoms with Gasteiger partial charge in [0.25, 0.3) is 0 Å². The van der Waals surface area contributed by atoms with E-state index in [4.69, 9.17) is 0 Å². The average Bonchev–Trinajstić information content (AvgIpc) is 2.71. The molecule has 1 atom stereocenters. The SMILES string of the molecule is CCC1CCN(c2nc(C)ns2)C1. The highest BCUT2D eigenvalue weighted by atomic mass is 32.1. The standard InChI is InChI=1S/C9H15N3S/c1-3-8-4-5-12(6-8)9-10-7(2)11-13-9/h8H,3-6H2,1-2H3. The molecule has 13 heavy (non-hydrogen) atoms. The molecular formula is C9H15N3S. The minimum absolute atomic E-state index is 0.865. The Bertz CT molecular complexity index is 284. The Labute approximate surface area is 83.0 Å². The molecule has 0 spiro atoms. The lowest BCUT2D eigenvalue weighted by Gasteiger charge is -2.13. The second-order valence-electron chi connectivity index (χ2n) is 3.63. The number of hydrogen-bond donors (Lipinski definition) is 0. The van der Waals surface area contributed by atoms with Crippen LogP contribution < -0.4 is 4.90 Å². The van der Waals surface area contributed by atoms with Gasteiger partial charge in [0.1, 0.15) is 5.82 Å². The minimum Gasteiger partial charge on any atom is -0.347 e. The first-order chi connectivity index (χ1) is 6.29. The molecule has 1 aliphatic heterocycles. The highest BCUT2D eigenvalue weighted by Gasteiger charge is 2.23. The summed E-state index contributed by atoms with van der Waals surface area (Å²) in [4.78, 5) is 6.75. The van der Waals surface area contributed by atoms with Crippen molar-refractivity contribution in [1.82, 2.24) is 9.36 Å². The molecule has 1 aromatic heterocycles. The van der Waals surface area contributed by atoms with Gasteiger partial charge in [0.05, 0.1) is 0 Å². The van der Waals surface area contributed by atoms with Crippen LogP contribution in [0.5, 0.6) is 0 Å². The molecule has 0 aliphatic carbocycles. The zero-order valence-corrected chi connectivity index (χ0v) is 8.97. The van der Waals surface area contributed by atoms with E-state index in [0.717, 1.165) is 23.4 Å². The Kier molecular flexibility index (Phi) is 2.49. The fourth-order valence-electron chi connectivity index (χ4n) is 1.75. The number of hydrogen-bond acceptors (Lipinski definition) is 4. The van der Waals surface area contributed by atoms with Crippen molar-refractivity contribution in [2.24, 2.45) is 5.92 Å². The van der Waals surface area contributed by atoms with Crippen molar-refractivity contribution >= 4 is 16.7 Å². The van der Waals surface area contributed by atoms with E-state index < -0.39 is 0 Å². The Morgan fingerprint density at radius 2 is 2.46 bits per heavy atom. The topological polar surface area (TPSA) is 29.0 Å². The van der Waals surface area contributed by atoms with Crippen molar-refractivity contribution in [3.8, 4) is 0 Å². The van der Waals surface area contributed by atoms with Gasteiger partial charge in [-0.05, 0) is 19.3 Å². The summed E-state index contributed by atoms with van der Waals surface area (Å²) in [6, 6.07) is 0. The summed E-state index contributed by atoms with van der Waals surface area (Å²) >= 11 is 1.52. The van der Waals surface area contributed by atoms with Crippen LogP contribution in [-0.2, 0) is 0 Å². The first-order valence-electron chi connectivity index (χ1n) is 4.85. The van der Waals surface area contributed by atoms with Crippen LogP contribution in [0, 0.1) is 12.8 Å². The third-order valence-electron chi connectivity index (χ3n) is 2.65. The van der Waals surface area contributed by atoms with Crippen LogP contribution in [0.3, 0.4) is 0 Å². The monoisotopic (exact) mass is 197 g/mol. The third-order valence-corrected chi connectivity index (χ3v) is 3.52. The Morgan fingerprint density at radius 1 is 1.62 bits per heavy atom. The van der Waals surface area contributed by atoms with Crippen LogP contribution in [0.2, 0.25) is 0 Å². The number of nitrogens with zero attached hydrogens (tertiary/aromatic N) is 3. The van der Waals surface area contributed by atoms with Gasteiger partial charge >= 0.3 is 0 Å². The number of aromatic nitrogens is 2. The summed E-state index contributed by atoms with van der Waals surface area (Å²) in [7, 11) is 0. The summed E-state index contributed by atoms with van der Waals surface area (Å²) in [6.07, 6.45) is 2.60. The molecular weight excluding hydrogens is 182 g/mol. The van der Waals surface area contributed by atoms with E-state index in [1.54, 1.807) is 0 Å². The molecule has 1 aliphatic rings. The zero-order chi connectivity index (χ0) is 9.26. The normalized spacial score (nSPS) is 22.6. The summed E-state index contributed by atoms with van der Waals surface area (Å²) in [5.74, 6) is 1.77. The molecule has 2 rings (SSSR count). The van der Waals surface area contributed by atoms with E-state index in [9.17, 15) is 0 Å². The fraction of sp³-hybridized carbons (Fsp3) is 0.778. The van der Waals surface area contributed by atoms with E-state index in [2.05, 4.69) is 21.2 Å². The van der Waals surface area contributed by atoms with Gasteiger partial charge < -0.3 is 4.90 Å². The van der Waals surface area contributed by atoms with E-state index >= 15 is 0 Å². The number of aryl methyl sites for hydroxylation is 1. The Morgan fingerprint density at radius 3 is 3.00 bits per heavy atom. The van der Waals surface area contributed by atoms with Crippen molar-refractivity contribution < 1.29 is 0 Å². The molecule has 2 heterocycles. The maximum atomic E-state index is 4.39. The highest BCUT2D eigenvalue weighted by Crippen LogP contribution is 2.26. The van der Waals surface area contributed by atoms with Crippen LogP contribution in [0.1, 0.15) is 25.6 Å². The first kappa shape index (κ1) is 8.94. The molecule has 1 fully saturated rings. The van der Waals surface area contributed by atoms with Gasteiger partial charge in [-0.1, -0.05) is 13.3 Å². The minimum atomic E-state index is 0.865. The third kappa shape index (κ3) is 1.82. The molecule has 3 nitrogen and oxygen atoms in total. The molecule has 0 saturated carbocycles. The molecule has 0 bridgehead atoms. The predicted octanol–water partition coefficient (Wildman–Crippen LogP) is 2.08. The van der Waals surface area contributed by atoms with Gasteiger partial charge in [-0.25, -0.2) is 4.98 Å². The Balaban J connectivity index is 2.03. The van der Waals surface area contributed by atoms with Crippen LogP contribution >= 0.6 is 11.5 Å². The molecule has 4 heteroatoms. The molecule has 1 aromatic rings. The maximum absolute atomic E-state index is 4.39. The Hall–Kier alpha value is -0.640. The molecule has 0 radical (unpaired) electrons. The second-order valence-corrected chi connectivity index (χ2v) is 4.36. The van der Waals surface area contributed by atoms with Gasteiger partial charge in [0.15, 0.2) is 0 Å². The van der Waals surface area contributed by atoms with Crippen LogP contribution in [-0.4, -0.2) is 22.4 Å². The molecule has 1 saturated heterocycles. The number of anilines is 1. The van der Waals surface area contributed by atoms with Crippen molar-refractivity contribution in [1.29, 1.82) is 0 Å². The largest absolute Gasteiger partial charge is 0.347 e. The highest BCUT2D eigenvalue weighted by molar-refractivity contribution is 7.09. The lowest BCUT2D eigenvalue weighted by atomic mass is 10.1. The zero-order valence-electron chi connectivity index (χ0n) is 8.16. The lowest BCUT2D eigenvalue weighted by Crippen LogP contribution is -2.19. The predicted molar refractivity (Wildman–Crippen MR) is 55.3 cm³/mol. The van der Waals surface area contributed by atoms with Crippen molar-refractivity contribution in [3.63, 3.8) is 0 Å². The summed E-state index contributed by atoms with van der Waals surface area (Å²) < 4.78 is 4.20. The van der Waals surface area contributed by atoms with E-state index in [1.165, 1.54) is 30.9 Å². The maximum Gasteiger partial charge on any atom is 0.205 e. The van der Waals surface area contributed by atoms with Crippen molar-refractivity contribution in [2.45, 2.75) is 26.7 Å². The lowest BCUT2D eigenvalue weighted by molar-refractivity contribution is 0.569. The van der Waals surface area contributed by atoms with E-state index in [1.807, 2.05) is 6.92 Å². The van der Waals surface area contributed by atoms with Gasteiger partial charge in [-0.15, -0.1) is 0 Å².